The standard InChI is InChI=1S/C16H19NS2/c1-2-9-17-16(15-8-5-10-18-15)13-11-19-14-7-4-3-6-12(13)14/h3-8,10,13,16-17H,2,9,11H2,1H3. The number of thiophene rings is 1. The van der Waals surface area contributed by atoms with Crippen LogP contribution in [-0.2, 0) is 0 Å². The van der Waals surface area contributed by atoms with Gasteiger partial charge in [-0.1, -0.05) is 31.2 Å². The Labute approximate surface area is 123 Å². The first kappa shape index (κ1) is 13.2. The molecule has 1 N–H and O–H groups in total. The van der Waals surface area contributed by atoms with Gasteiger partial charge in [-0.15, -0.1) is 23.1 Å². The maximum atomic E-state index is 3.75. The summed E-state index contributed by atoms with van der Waals surface area (Å²) in [5.74, 6) is 1.80. The predicted octanol–water partition coefficient (Wildman–Crippen LogP) is 4.68. The normalized spacial score (nSPS) is 19.3. The fourth-order valence-electron chi connectivity index (χ4n) is 2.67. The van der Waals surface area contributed by atoms with E-state index in [1.807, 2.05) is 23.1 Å². The molecule has 3 heteroatoms. The lowest BCUT2D eigenvalue weighted by Gasteiger charge is -2.24. The Morgan fingerprint density at radius 1 is 1.26 bits per heavy atom. The Bertz CT molecular complexity index is 521. The third kappa shape index (κ3) is 2.73. The molecule has 0 fully saturated rings. The van der Waals surface area contributed by atoms with Gasteiger partial charge in [0.15, 0.2) is 0 Å². The molecule has 2 aromatic rings. The second kappa shape index (κ2) is 6.12. The number of thioether (sulfide) groups is 1. The van der Waals surface area contributed by atoms with Crippen LogP contribution in [0.4, 0.5) is 0 Å². The monoisotopic (exact) mass is 289 g/mol. The molecule has 1 nitrogen and oxygen atoms in total. The van der Waals surface area contributed by atoms with Gasteiger partial charge < -0.3 is 5.32 Å². The summed E-state index contributed by atoms with van der Waals surface area (Å²) in [4.78, 5) is 2.93. The van der Waals surface area contributed by atoms with Crippen molar-refractivity contribution >= 4 is 23.1 Å². The Balaban J connectivity index is 1.89. The fourth-order valence-corrected chi connectivity index (χ4v) is 4.83. The van der Waals surface area contributed by atoms with Crippen LogP contribution in [0.2, 0.25) is 0 Å². The van der Waals surface area contributed by atoms with Crippen molar-refractivity contribution in [3.05, 3.63) is 52.2 Å². The molecule has 1 aromatic carbocycles. The molecule has 0 aliphatic carbocycles. The average Bonchev–Trinajstić information content (AvgIpc) is 3.09. The summed E-state index contributed by atoms with van der Waals surface area (Å²) in [5, 5.41) is 5.94. The zero-order valence-corrected chi connectivity index (χ0v) is 12.8. The molecule has 2 unspecified atom stereocenters. The number of benzene rings is 1. The molecule has 1 aromatic heterocycles. The number of rotatable bonds is 5. The highest BCUT2D eigenvalue weighted by Crippen LogP contribution is 2.46. The fraction of sp³-hybridized carbons (Fsp3) is 0.375. The second-order valence-corrected chi connectivity index (χ2v) is 6.94. The van der Waals surface area contributed by atoms with Crippen molar-refractivity contribution in [3.8, 4) is 0 Å². The van der Waals surface area contributed by atoms with Gasteiger partial charge in [0.1, 0.15) is 0 Å². The summed E-state index contributed by atoms with van der Waals surface area (Å²) in [7, 11) is 0. The molecule has 1 aliphatic rings. The smallest absolute Gasteiger partial charge is 0.0492 e. The summed E-state index contributed by atoms with van der Waals surface area (Å²) >= 11 is 3.87. The van der Waals surface area contributed by atoms with Crippen molar-refractivity contribution in [1.82, 2.24) is 5.32 Å². The predicted molar refractivity (Wildman–Crippen MR) is 85.3 cm³/mol. The largest absolute Gasteiger partial charge is 0.309 e. The highest BCUT2D eigenvalue weighted by molar-refractivity contribution is 7.99. The molecule has 2 heterocycles. The molecular formula is C16H19NS2. The topological polar surface area (TPSA) is 12.0 Å². The van der Waals surface area contributed by atoms with Crippen LogP contribution >= 0.6 is 23.1 Å². The maximum Gasteiger partial charge on any atom is 0.0492 e. The van der Waals surface area contributed by atoms with Crippen molar-refractivity contribution in [2.24, 2.45) is 0 Å². The zero-order valence-electron chi connectivity index (χ0n) is 11.1. The molecule has 0 radical (unpaired) electrons. The minimum absolute atomic E-state index is 0.469. The van der Waals surface area contributed by atoms with Crippen LogP contribution in [0.1, 0.15) is 35.7 Å². The molecule has 0 amide bonds. The highest BCUT2D eigenvalue weighted by Gasteiger charge is 2.31. The summed E-state index contributed by atoms with van der Waals surface area (Å²) in [6, 6.07) is 13.8. The van der Waals surface area contributed by atoms with Crippen LogP contribution in [0, 0.1) is 0 Å². The number of hydrogen-bond acceptors (Lipinski definition) is 3. The average molecular weight is 289 g/mol. The summed E-state index contributed by atoms with van der Waals surface area (Å²) in [6.45, 7) is 3.32. The molecule has 100 valence electrons. The molecular weight excluding hydrogens is 270 g/mol. The lowest BCUT2D eigenvalue weighted by molar-refractivity contribution is 0.478. The van der Waals surface area contributed by atoms with E-state index in [0.717, 1.165) is 6.54 Å². The van der Waals surface area contributed by atoms with Crippen molar-refractivity contribution < 1.29 is 0 Å². The van der Waals surface area contributed by atoms with Gasteiger partial charge in [0.2, 0.25) is 0 Å². The van der Waals surface area contributed by atoms with E-state index in [1.165, 1.54) is 27.5 Å². The van der Waals surface area contributed by atoms with E-state index in [-0.39, 0.29) is 0 Å². The van der Waals surface area contributed by atoms with E-state index >= 15 is 0 Å². The molecule has 3 rings (SSSR count). The van der Waals surface area contributed by atoms with Crippen molar-refractivity contribution in [1.29, 1.82) is 0 Å². The number of hydrogen-bond donors (Lipinski definition) is 1. The lowest BCUT2D eigenvalue weighted by Crippen LogP contribution is -2.27. The van der Waals surface area contributed by atoms with Crippen LogP contribution < -0.4 is 5.32 Å². The van der Waals surface area contributed by atoms with E-state index in [0.29, 0.717) is 12.0 Å². The molecule has 1 aliphatic heterocycles. The quantitative estimate of drug-likeness (QED) is 0.858. The van der Waals surface area contributed by atoms with Gasteiger partial charge in [-0.25, -0.2) is 0 Å². The Morgan fingerprint density at radius 3 is 2.95 bits per heavy atom. The number of fused-ring (bicyclic) bond motifs is 1. The Hall–Kier alpha value is -0.770. The summed E-state index contributed by atoms with van der Waals surface area (Å²) in [6.07, 6.45) is 1.18. The van der Waals surface area contributed by atoms with Gasteiger partial charge in [0.25, 0.3) is 0 Å². The highest BCUT2D eigenvalue weighted by atomic mass is 32.2. The van der Waals surface area contributed by atoms with Gasteiger partial charge in [-0.05, 0) is 36.0 Å². The third-order valence-electron chi connectivity index (χ3n) is 3.60. The van der Waals surface area contributed by atoms with E-state index in [2.05, 4.69) is 54.0 Å². The van der Waals surface area contributed by atoms with Gasteiger partial charge >= 0.3 is 0 Å². The van der Waals surface area contributed by atoms with Crippen molar-refractivity contribution in [2.75, 3.05) is 12.3 Å². The molecule has 0 saturated carbocycles. The van der Waals surface area contributed by atoms with Gasteiger partial charge in [0, 0.05) is 27.5 Å². The summed E-state index contributed by atoms with van der Waals surface area (Å²) < 4.78 is 0. The Morgan fingerprint density at radius 2 is 2.16 bits per heavy atom. The first-order valence-electron chi connectivity index (χ1n) is 6.88. The lowest BCUT2D eigenvalue weighted by atomic mass is 9.92. The van der Waals surface area contributed by atoms with Crippen LogP contribution in [-0.4, -0.2) is 12.3 Å². The third-order valence-corrected chi connectivity index (χ3v) is 5.77. The van der Waals surface area contributed by atoms with Crippen LogP contribution in [0.5, 0.6) is 0 Å². The van der Waals surface area contributed by atoms with Crippen LogP contribution in [0.15, 0.2) is 46.7 Å². The van der Waals surface area contributed by atoms with Crippen LogP contribution in [0.3, 0.4) is 0 Å². The molecule has 19 heavy (non-hydrogen) atoms. The SMILES string of the molecule is CCCNC(c1cccs1)C1CSc2ccccc21. The second-order valence-electron chi connectivity index (χ2n) is 4.90. The Kier molecular flexibility index (Phi) is 4.26. The van der Waals surface area contributed by atoms with E-state index < -0.39 is 0 Å². The van der Waals surface area contributed by atoms with E-state index in [9.17, 15) is 0 Å². The molecule has 0 spiro atoms. The van der Waals surface area contributed by atoms with Gasteiger partial charge in [0.05, 0.1) is 0 Å². The molecule has 2 atom stereocenters. The van der Waals surface area contributed by atoms with E-state index in [4.69, 9.17) is 0 Å². The summed E-state index contributed by atoms with van der Waals surface area (Å²) in [5.41, 5.74) is 1.52. The first-order chi connectivity index (χ1) is 9.40. The van der Waals surface area contributed by atoms with Gasteiger partial charge in [-0.2, -0.15) is 0 Å². The van der Waals surface area contributed by atoms with Crippen molar-refractivity contribution in [3.63, 3.8) is 0 Å². The first-order valence-corrected chi connectivity index (χ1v) is 8.75. The van der Waals surface area contributed by atoms with Crippen molar-refractivity contribution in [2.45, 2.75) is 30.2 Å². The molecule has 0 saturated heterocycles. The minimum Gasteiger partial charge on any atom is -0.309 e. The van der Waals surface area contributed by atoms with Gasteiger partial charge in [-0.3, -0.25) is 0 Å². The number of nitrogens with one attached hydrogen (secondary N) is 1. The van der Waals surface area contributed by atoms with Crippen LogP contribution in [0.25, 0.3) is 0 Å². The zero-order chi connectivity index (χ0) is 13.1. The van der Waals surface area contributed by atoms with E-state index in [1.54, 1.807) is 0 Å². The minimum atomic E-state index is 0.469. The molecule has 0 bridgehead atoms. The maximum absolute atomic E-state index is 3.75.